The van der Waals surface area contributed by atoms with Crippen molar-refractivity contribution >= 4 is 22.8 Å². The van der Waals surface area contributed by atoms with Crippen molar-refractivity contribution in [1.29, 1.82) is 0 Å². The molecular weight excluding hydrogens is 482 g/mol. The summed E-state index contributed by atoms with van der Waals surface area (Å²) < 4.78 is 19.3. The quantitative estimate of drug-likeness (QED) is 0.281. The molecule has 0 unspecified atom stereocenters. The third-order valence-corrected chi connectivity index (χ3v) is 7.11. The number of aryl methyl sites for hydroxylation is 1. The molecule has 1 N–H and O–H groups in total. The van der Waals surface area contributed by atoms with E-state index in [1.165, 1.54) is 6.42 Å². The molecule has 1 fully saturated rings. The molecule has 38 heavy (non-hydrogen) atoms. The standard InChI is InChI=1S/C30H39N3O5/c1-31-15-17-36-18-16-32(2)29(34)21-37-28-12-8-7-11-25(28)27-19-22-13-14-23(20-26(22)33(27)3)30(35)38-24-9-5-4-6-10-24/h7-8,11-14,19-20,24,31H,4-6,9-10,15-18,21H2,1-3H3. The van der Waals surface area contributed by atoms with Gasteiger partial charge in [-0.25, -0.2) is 4.79 Å². The van der Waals surface area contributed by atoms with Crippen LogP contribution in [0.2, 0.25) is 0 Å². The number of amides is 1. The fourth-order valence-corrected chi connectivity index (χ4v) is 4.77. The lowest BCUT2D eigenvalue weighted by Crippen LogP contribution is -2.34. The highest BCUT2D eigenvalue weighted by Crippen LogP contribution is 2.34. The predicted octanol–water partition coefficient (Wildman–Crippen LogP) is 4.41. The molecule has 2 aromatic carbocycles. The summed E-state index contributed by atoms with van der Waals surface area (Å²) in [7, 11) is 5.59. The van der Waals surface area contributed by atoms with Crippen LogP contribution in [0.25, 0.3) is 22.2 Å². The second kappa shape index (κ2) is 13.4. The van der Waals surface area contributed by atoms with Gasteiger partial charge in [-0.15, -0.1) is 0 Å². The van der Waals surface area contributed by atoms with Crippen molar-refractivity contribution in [2.45, 2.75) is 38.2 Å². The molecule has 3 aromatic rings. The summed E-state index contributed by atoms with van der Waals surface area (Å²) in [6, 6.07) is 15.4. The normalized spacial score (nSPS) is 14.0. The van der Waals surface area contributed by atoms with Gasteiger partial charge in [-0.3, -0.25) is 4.79 Å². The molecule has 0 radical (unpaired) electrons. The maximum absolute atomic E-state index is 12.8. The number of hydrogen-bond acceptors (Lipinski definition) is 6. The fraction of sp³-hybridized carbons (Fsp3) is 0.467. The third kappa shape index (κ3) is 6.94. The Morgan fingerprint density at radius 2 is 1.84 bits per heavy atom. The van der Waals surface area contributed by atoms with Gasteiger partial charge >= 0.3 is 5.97 Å². The smallest absolute Gasteiger partial charge is 0.338 e. The van der Waals surface area contributed by atoms with Crippen molar-refractivity contribution in [2.75, 3.05) is 47.0 Å². The number of ether oxygens (including phenoxy) is 3. The van der Waals surface area contributed by atoms with E-state index < -0.39 is 0 Å². The van der Waals surface area contributed by atoms with Gasteiger partial charge in [0.2, 0.25) is 0 Å². The number of carbonyl (C=O) groups is 2. The highest BCUT2D eigenvalue weighted by atomic mass is 16.5. The summed E-state index contributed by atoms with van der Waals surface area (Å²) in [5.41, 5.74) is 3.31. The molecule has 1 aromatic heterocycles. The number of nitrogens with one attached hydrogen (secondary N) is 1. The van der Waals surface area contributed by atoms with Crippen LogP contribution in [0.3, 0.4) is 0 Å². The van der Waals surface area contributed by atoms with Crippen LogP contribution < -0.4 is 10.1 Å². The largest absolute Gasteiger partial charge is 0.483 e. The number of benzene rings is 2. The summed E-state index contributed by atoms with van der Waals surface area (Å²) in [5, 5.41) is 4.04. The minimum atomic E-state index is -0.264. The number of rotatable bonds is 12. The third-order valence-electron chi connectivity index (χ3n) is 7.11. The molecule has 1 aliphatic carbocycles. The van der Waals surface area contributed by atoms with Crippen LogP contribution in [0.1, 0.15) is 42.5 Å². The lowest BCUT2D eigenvalue weighted by Gasteiger charge is -2.21. The van der Waals surface area contributed by atoms with Crippen molar-refractivity contribution in [1.82, 2.24) is 14.8 Å². The molecular formula is C30H39N3O5. The minimum absolute atomic E-state index is 0.0209. The summed E-state index contributed by atoms with van der Waals surface area (Å²) in [6.07, 6.45) is 5.37. The first-order chi connectivity index (χ1) is 18.5. The number of esters is 1. The molecule has 8 heteroatoms. The van der Waals surface area contributed by atoms with Crippen LogP contribution in [0.5, 0.6) is 5.75 Å². The van der Waals surface area contributed by atoms with Crippen LogP contribution in [0, 0.1) is 0 Å². The molecule has 1 aliphatic rings. The van der Waals surface area contributed by atoms with E-state index in [-0.39, 0.29) is 24.6 Å². The maximum atomic E-state index is 12.8. The van der Waals surface area contributed by atoms with Crippen LogP contribution in [-0.2, 0) is 21.3 Å². The Morgan fingerprint density at radius 3 is 2.63 bits per heavy atom. The van der Waals surface area contributed by atoms with Gasteiger partial charge in [-0.05, 0) is 63.1 Å². The summed E-state index contributed by atoms with van der Waals surface area (Å²) in [6.45, 7) is 2.30. The van der Waals surface area contributed by atoms with E-state index in [4.69, 9.17) is 14.2 Å². The predicted molar refractivity (Wildman–Crippen MR) is 149 cm³/mol. The average Bonchev–Trinajstić information content (AvgIpc) is 3.27. The van der Waals surface area contributed by atoms with Crippen LogP contribution in [-0.4, -0.2) is 74.5 Å². The maximum Gasteiger partial charge on any atom is 0.338 e. The highest BCUT2D eigenvalue weighted by Gasteiger charge is 2.20. The van der Waals surface area contributed by atoms with E-state index in [2.05, 4.69) is 11.4 Å². The van der Waals surface area contributed by atoms with E-state index >= 15 is 0 Å². The first kappa shape index (κ1) is 27.7. The van der Waals surface area contributed by atoms with Gasteiger partial charge in [-0.1, -0.05) is 24.6 Å². The fourth-order valence-electron chi connectivity index (χ4n) is 4.77. The van der Waals surface area contributed by atoms with Gasteiger partial charge in [0.05, 0.1) is 24.5 Å². The zero-order chi connectivity index (χ0) is 26.9. The summed E-state index contributed by atoms with van der Waals surface area (Å²) in [4.78, 5) is 27.1. The Hall–Kier alpha value is -3.36. The van der Waals surface area contributed by atoms with E-state index in [0.29, 0.717) is 31.1 Å². The van der Waals surface area contributed by atoms with Crippen LogP contribution >= 0.6 is 0 Å². The second-order valence-electron chi connectivity index (χ2n) is 9.84. The van der Waals surface area contributed by atoms with E-state index in [1.807, 2.05) is 61.1 Å². The molecule has 0 aliphatic heterocycles. The van der Waals surface area contributed by atoms with Gasteiger partial charge in [0.25, 0.3) is 5.91 Å². The zero-order valence-corrected chi connectivity index (χ0v) is 22.7. The lowest BCUT2D eigenvalue weighted by atomic mass is 9.98. The van der Waals surface area contributed by atoms with Crippen LogP contribution in [0.4, 0.5) is 0 Å². The molecule has 0 atom stereocenters. The Bertz CT molecular complexity index is 1230. The van der Waals surface area contributed by atoms with Crippen molar-refractivity contribution in [3.8, 4) is 17.0 Å². The summed E-state index contributed by atoms with van der Waals surface area (Å²) >= 11 is 0. The second-order valence-corrected chi connectivity index (χ2v) is 9.84. The molecule has 1 amide bonds. The molecule has 0 bridgehead atoms. The number of para-hydroxylation sites is 1. The number of hydrogen-bond donors (Lipinski definition) is 1. The SMILES string of the molecule is CNCCOCCN(C)C(=O)COc1ccccc1-c1cc2ccc(C(=O)OC3CCCCC3)cc2n1C. The molecule has 204 valence electrons. The Balaban J connectivity index is 1.44. The zero-order valence-electron chi connectivity index (χ0n) is 22.7. The Labute approximate surface area is 224 Å². The minimum Gasteiger partial charge on any atom is -0.483 e. The molecule has 1 heterocycles. The van der Waals surface area contributed by atoms with E-state index in [9.17, 15) is 9.59 Å². The highest BCUT2D eigenvalue weighted by molar-refractivity contribution is 5.96. The number of aromatic nitrogens is 1. The number of likely N-dealkylation sites (N-methyl/N-ethyl adjacent to an activating group) is 2. The van der Waals surface area contributed by atoms with Crippen molar-refractivity contribution < 1.29 is 23.8 Å². The first-order valence-corrected chi connectivity index (χ1v) is 13.5. The average molecular weight is 522 g/mol. The lowest BCUT2D eigenvalue weighted by molar-refractivity contribution is -0.132. The van der Waals surface area contributed by atoms with Crippen molar-refractivity contribution in [2.24, 2.45) is 7.05 Å². The van der Waals surface area contributed by atoms with Gasteiger partial charge < -0.3 is 29.0 Å². The van der Waals surface area contributed by atoms with Crippen LogP contribution in [0.15, 0.2) is 48.5 Å². The topological polar surface area (TPSA) is 82.0 Å². The molecule has 8 nitrogen and oxygen atoms in total. The molecule has 0 spiro atoms. The molecule has 0 saturated heterocycles. The van der Waals surface area contributed by atoms with Crippen molar-refractivity contribution in [3.63, 3.8) is 0 Å². The summed E-state index contributed by atoms with van der Waals surface area (Å²) in [5.74, 6) is 0.248. The number of fused-ring (bicyclic) bond motifs is 1. The van der Waals surface area contributed by atoms with E-state index in [0.717, 1.165) is 54.4 Å². The first-order valence-electron chi connectivity index (χ1n) is 13.5. The molecule has 4 rings (SSSR count). The van der Waals surface area contributed by atoms with Gasteiger partial charge in [0.1, 0.15) is 11.9 Å². The number of carbonyl (C=O) groups excluding carboxylic acids is 2. The van der Waals surface area contributed by atoms with Gasteiger partial charge in [-0.2, -0.15) is 0 Å². The monoisotopic (exact) mass is 521 g/mol. The molecule has 1 saturated carbocycles. The Morgan fingerprint density at radius 1 is 1.05 bits per heavy atom. The van der Waals surface area contributed by atoms with Gasteiger partial charge in [0, 0.05) is 43.7 Å². The Kier molecular flexibility index (Phi) is 9.79. The van der Waals surface area contributed by atoms with Gasteiger partial charge in [0.15, 0.2) is 6.61 Å². The van der Waals surface area contributed by atoms with E-state index in [1.54, 1.807) is 11.9 Å². The number of nitrogens with zero attached hydrogens (tertiary/aromatic N) is 2. The van der Waals surface area contributed by atoms with Crippen molar-refractivity contribution in [3.05, 3.63) is 54.1 Å².